The van der Waals surface area contributed by atoms with Gasteiger partial charge >= 0.3 is 0 Å². The van der Waals surface area contributed by atoms with Gasteiger partial charge < -0.3 is 11.1 Å². The SMILES string of the molecule is CC(CN)C(=O)Nc1c2c(nn1C)CCC2.Cl. The second-order valence-electron chi connectivity index (χ2n) is 4.38. The minimum atomic E-state index is -0.160. The molecule has 1 heterocycles. The molecule has 1 amide bonds. The van der Waals surface area contributed by atoms with Crippen molar-refractivity contribution in [3.05, 3.63) is 11.3 Å². The van der Waals surface area contributed by atoms with Gasteiger partial charge in [0.05, 0.1) is 5.69 Å². The lowest BCUT2D eigenvalue weighted by molar-refractivity contribution is -0.119. The molecule has 0 bridgehead atoms. The van der Waals surface area contributed by atoms with Crippen LogP contribution in [0.15, 0.2) is 0 Å². The molecular formula is C11H19ClN4O. The number of nitrogens with two attached hydrogens (primary N) is 1. The number of carbonyl (C=O) groups is 1. The molecule has 1 unspecified atom stereocenters. The third kappa shape index (κ3) is 2.61. The van der Waals surface area contributed by atoms with Gasteiger partial charge in [0, 0.05) is 25.1 Å². The number of aryl methyl sites for hydroxylation is 2. The van der Waals surface area contributed by atoms with Crippen molar-refractivity contribution in [1.82, 2.24) is 9.78 Å². The lowest BCUT2D eigenvalue weighted by Gasteiger charge is -2.11. The van der Waals surface area contributed by atoms with Crippen LogP contribution in [-0.2, 0) is 24.7 Å². The van der Waals surface area contributed by atoms with Crippen LogP contribution in [0.25, 0.3) is 0 Å². The van der Waals surface area contributed by atoms with Crippen molar-refractivity contribution in [2.75, 3.05) is 11.9 Å². The first kappa shape index (κ1) is 14.0. The van der Waals surface area contributed by atoms with E-state index in [1.54, 1.807) is 4.68 Å². The van der Waals surface area contributed by atoms with Crippen LogP contribution in [0.2, 0.25) is 0 Å². The van der Waals surface area contributed by atoms with Crippen LogP contribution in [0.1, 0.15) is 24.6 Å². The van der Waals surface area contributed by atoms with Gasteiger partial charge in [0.2, 0.25) is 5.91 Å². The Hall–Kier alpha value is -1.07. The molecule has 6 heteroatoms. The van der Waals surface area contributed by atoms with Crippen LogP contribution in [0.5, 0.6) is 0 Å². The first-order chi connectivity index (χ1) is 7.63. The maximum atomic E-state index is 11.8. The minimum Gasteiger partial charge on any atom is -0.330 e. The van der Waals surface area contributed by atoms with E-state index in [0.29, 0.717) is 6.54 Å². The average Bonchev–Trinajstić information content (AvgIpc) is 2.81. The lowest BCUT2D eigenvalue weighted by Crippen LogP contribution is -2.27. The molecule has 1 aliphatic rings. The third-order valence-corrected chi connectivity index (χ3v) is 3.11. The van der Waals surface area contributed by atoms with Gasteiger partial charge in [-0.2, -0.15) is 5.10 Å². The Balaban J connectivity index is 0.00000144. The molecule has 1 atom stereocenters. The predicted octanol–water partition coefficient (Wildman–Crippen LogP) is 0.864. The number of nitrogens with one attached hydrogen (secondary N) is 1. The zero-order chi connectivity index (χ0) is 11.7. The molecule has 1 aromatic rings. The molecule has 3 N–H and O–H groups in total. The fraction of sp³-hybridized carbons (Fsp3) is 0.636. The Morgan fingerprint density at radius 1 is 1.59 bits per heavy atom. The third-order valence-electron chi connectivity index (χ3n) is 3.11. The standard InChI is InChI=1S/C11H18N4O.ClH/c1-7(6-12)11(16)13-10-8-4-3-5-9(8)14-15(10)2;/h7H,3-6,12H2,1-2H3,(H,13,16);1H. The van der Waals surface area contributed by atoms with Gasteiger partial charge in [-0.3, -0.25) is 9.48 Å². The van der Waals surface area contributed by atoms with Gasteiger partial charge in [-0.15, -0.1) is 12.4 Å². The maximum Gasteiger partial charge on any atom is 0.229 e. The number of hydrogen-bond acceptors (Lipinski definition) is 3. The predicted molar refractivity (Wildman–Crippen MR) is 69.3 cm³/mol. The summed E-state index contributed by atoms with van der Waals surface area (Å²) in [7, 11) is 1.86. The molecule has 5 nitrogen and oxygen atoms in total. The van der Waals surface area contributed by atoms with Crippen LogP contribution >= 0.6 is 12.4 Å². The Bertz CT molecular complexity index is 416. The molecule has 0 aromatic carbocycles. The Morgan fingerprint density at radius 2 is 2.29 bits per heavy atom. The minimum absolute atomic E-state index is 0. The highest BCUT2D eigenvalue weighted by Crippen LogP contribution is 2.28. The molecule has 0 spiro atoms. The number of hydrogen-bond donors (Lipinski definition) is 2. The molecule has 0 saturated carbocycles. The summed E-state index contributed by atoms with van der Waals surface area (Å²) in [6, 6.07) is 0. The summed E-state index contributed by atoms with van der Waals surface area (Å²) in [6.07, 6.45) is 3.16. The monoisotopic (exact) mass is 258 g/mol. The normalized spacial score (nSPS) is 15.0. The van der Waals surface area contributed by atoms with Crippen LogP contribution < -0.4 is 11.1 Å². The van der Waals surface area contributed by atoms with Gasteiger partial charge in [0.15, 0.2) is 0 Å². The van der Waals surface area contributed by atoms with Crippen molar-refractivity contribution in [3.8, 4) is 0 Å². The van der Waals surface area contributed by atoms with Crippen LogP contribution in [0, 0.1) is 5.92 Å². The molecule has 0 aliphatic heterocycles. The second-order valence-corrected chi connectivity index (χ2v) is 4.38. The Morgan fingerprint density at radius 3 is 2.94 bits per heavy atom. The topological polar surface area (TPSA) is 72.9 Å². The smallest absolute Gasteiger partial charge is 0.229 e. The maximum absolute atomic E-state index is 11.8. The van der Waals surface area contributed by atoms with Gasteiger partial charge in [-0.1, -0.05) is 6.92 Å². The second kappa shape index (κ2) is 5.51. The summed E-state index contributed by atoms with van der Waals surface area (Å²) < 4.78 is 1.75. The van der Waals surface area contributed by atoms with Gasteiger partial charge in [0.1, 0.15) is 5.82 Å². The molecule has 17 heavy (non-hydrogen) atoms. The fourth-order valence-corrected chi connectivity index (χ4v) is 2.02. The molecule has 0 fully saturated rings. The van der Waals surface area contributed by atoms with Gasteiger partial charge in [-0.05, 0) is 19.3 Å². The highest BCUT2D eigenvalue weighted by Gasteiger charge is 2.23. The number of amides is 1. The number of carbonyl (C=O) groups excluding carboxylic acids is 1. The summed E-state index contributed by atoms with van der Waals surface area (Å²) in [5, 5.41) is 7.32. The van der Waals surface area contributed by atoms with Crippen LogP contribution in [0.3, 0.4) is 0 Å². The van der Waals surface area contributed by atoms with Gasteiger partial charge in [-0.25, -0.2) is 0 Å². The van der Waals surface area contributed by atoms with E-state index < -0.39 is 0 Å². The largest absolute Gasteiger partial charge is 0.330 e. The van der Waals surface area contributed by atoms with Crippen molar-refractivity contribution in [2.45, 2.75) is 26.2 Å². The van der Waals surface area contributed by atoms with Crippen LogP contribution in [0.4, 0.5) is 5.82 Å². The average molecular weight is 259 g/mol. The molecule has 2 rings (SSSR count). The molecule has 1 aromatic heterocycles. The van der Waals surface area contributed by atoms with Gasteiger partial charge in [0.25, 0.3) is 0 Å². The Labute approximate surface area is 107 Å². The molecule has 1 aliphatic carbocycles. The van der Waals surface area contributed by atoms with E-state index in [4.69, 9.17) is 5.73 Å². The first-order valence-electron chi connectivity index (χ1n) is 5.69. The van der Waals surface area contributed by atoms with Crippen molar-refractivity contribution >= 4 is 24.1 Å². The number of nitrogens with zero attached hydrogens (tertiary/aromatic N) is 2. The first-order valence-corrected chi connectivity index (χ1v) is 5.69. The quantitative estimate of drug-likeness (QED) is 0.845. The number of aromatic nitrogens is 2. The molecular weight excluding hydrogens is 240 g/mol. The van der Waals surface area contributed by atoms with Crippen molar-refractivity contribution in [2.24, 2.45) is 18.7 Å². The molecule has 96 valence electrons. The number of halogens is 1. The molecule has 0 radical (unpaired) electrons. The van der Waals surface area contributed by atoms with Crippen molar-refractivity contribution < 1.29 is 4.79 Å². The summed E-state index contributed by atoms with van der Waals surface area (Å²) in [6.45, 7) is 2.19. The van der Waals surface area contributed by atoms with E-state index in [2.05, 4.69) is 10.4 Å². The molecule has 0 saturated heterocycles. The van der Waals surface area contributed by atoms with E-state index in [0.717, 1.165) is 30.8 Å². The van der Waals surface area contributed by atoms with E-state index in [1.807, 2.05) is 14.0 Å². The Kier molecular flexibility index (Phi) is 4.54. The summed E-state index contributed by atoms with van der Waals surface area (Å²) in [5.41, 5.74) is 7.79. The zero-order valence-corrected chi connectivity index (χ0v) is 11.0. The van der Waals surface area contributed by atoms with Crippen molar-refractivity contribution in [3.63, 3.8) is 0 Å². The van der Waals surface area contributed by atoms with E-state index >= 15 is 0 Å². The highest BCUT2D eigenvalue weighted by atomic mass is 35.5. The summed E-state index contributed by atoms with van der Waals surface area (Å²) in [4.78, 5) is 11.8. The van der Waals surface area contributed by atoms with Crippen LogP contribution in [-0.4, -0.2) is 22.2 Å². The number of anilines is 1. The summed E-state index contributed by atoms with van der Waals surface area (Å²) >= 11 is 0. The summed E-state index contributed by atoms with van der Waals surface area (Å²) in [5.74, 6) is 0.657. The zero-order valence-electron chi connectivity index (χ0n) is 10.2. The van der Waals surface area contributed by atoms with E-state index in [1.165, 1.54) is 5.56 Å². The van der Waals surface area contributed by atoms with E-state index in [9.17, 15) is 4.79 Å². The fourth-order valence-electron chi connectivity index (χ4n) is 2.02. The van der Waals surface area contributed by atoms with E-state index in [-0.39, 0.29) is 24.2 Å². The number of fused-ring (bicyclic) bond motifs is 1. The highest BCUT2D eigenvalue weighted by molar-refractivity contribution is 5.92. The van der Waals surface area contributed by atoms with Crippen molar-refractivity contribution in [1.29, 1.82) is 0 Å². The number of rotatable bonds is 3. The lowest BCUT2D eigenvalue weighted by atomic mass is 10.1.